The summed E-state index contributed by atoms with van der Waals surface area (Å²) in [6, 6.07) is 1.91. The molecule has 1 saturated carbocycles. The monoisotopic (exact) mass is 224 g/mol. The van der Waals surface area contributed by atoms with Crippen LogP contribution in [0.1, 0.15) is 58.8 Å². The zero-order chi connectivity index (χ0) is 11.5. The highest BCUT2D eigenvalue weighted by Crippen LogP contribution is 2.31. The lowest BCUT2D eigenvalue weighted by molar-refractivity contribution is 0.120. The van der Waals surface area contributed by atoms with Gasteiger partial charge in [-0.1, -0.05) is 33.1 Å². The highest BCUT2D eigenvalue weighted by atomic mass is 15.2. The third-order valence-electron chi connectivity index (χ3n) is 4.57. The van der Waals surface area contributed by atoms with Crippen molar-refractivity contribution in [2.45, 2.75) is 76.9 Å². The summed E-state index contributed by atoms with van der Waals surface area (Å²) in [5.74, 6) is 0.790. The van der Waals surface area contributed by atoms with Crippen LogP contribution in [0.25, 0.3) is 0 Å². The predicted molar refractivity (Wildman–Crippen MR) is 69.4 cm³/mol. The summed E-state index contributed by atoms with van der Waals surface area (Å²) < 4.78 is 0. The number of hydrogen-bond acceptors (Lipinski definition) is 2. The molecule has 0 amide bonds. The van der Waals surface area contributed by atoms with Crippen LogP contribution in [-0.2, 0) is 0 Å². The molecule has 1 aliphatic heterocycles. The maximum absolute atomic E-state index is 6.38. The van der Waals surface area contributed by atoms with Crippen LogP contribution in [0.3, 0.4) is 0 Å². The molecule has 0 radical (unpaired) electrons. The Morgan fingerprint density at radius 2 is 1.75 bits per heavy atom. The van der Waals surface area contributed by atoms with Gasteiger partial charge in [-0.05, 0) is 38.1 Å². The minimum Gasteiger partial charge on any atom is -0.326 e. The van der Waals surface area contributed by atoms with Crippen LogP contribution in [0.5, 0.6) is 0 Å². The number of nitrogens with zero attached hydrogens (tertiary/aromatic N) is 1. The van der Waals surface area contributed by atoms with Gasteiger partial charge in [-0.2, -0.15) is 0 Å². The van der Waals surface area contributed by atoms with Gasteiger partial charge in [0.15, 0.2) is 0 Å². The summed E-state index contributed by atoms with van der Waals surface area (Å²) in [6.45, 7) is 6.03. The quantitative estimate of drug-likeness (QED) is 0.731. The van der Waals surface area contributed by atoms with E-state index in [9.17, 15) is 0 Å². The fraction of sp³-hybridized carbons (Fsp3) is 1.00. The van der Waals surface area contributed by atoms with Crippen molar-refractivity contribution in [1.82, 2.24) is 4.90 Å². The van der Waals surface area contributed by atoms with E-state index < -0.39 is 0 Å². The fourth-order valence-corrected chi connectivity index (χ4v) is 3.67. The summed E-state index contributed by atoms with van der Waals surface area (Å²) >= 11 is 0. The van der Waals surface area contributed by atoms with Crippen molar-refractivity contribution in [3.05, 3.63) is 0 Å². The standard InChI is InChI=1S/C14H28N2/c1-11(2)13-9-6-10-16(13)14-8-5-3-4-7-12(14)15/h11-14H,3-10,15H2,1-2H3. The van der Waals surface area contributed by atoms with E-state index in [2.05, 4.69) is 18.7 Å². The van der Waals surface area contributed by atoms with E-state index in [1.54, 1.807) is 0 Å². The Kier molecular flexibility index (Phi) is 4.26. The van der Waals surface area contributed by atoms with Crippen molar-refractivity contribution in [2.24, 2.45) is 11.7 Å². The molecular formula is C14H28N2. The molecule has 94 valence electrons. The molecule has 0 spiro atoms. The van der Waals surface area contributed by atoms with E-state index in [0.29, 0.717) is 12.1 Å². The van der Waals surface area contributed by atoms with Crippen LogP contribution in [0.4, 0.5) is 0 Å². The lowest BCUT2D eigenvalue weighted by Crippen LogP contribution is -2.50. The van der Waals surface area contributed by atoms with Crippen molar-refractivity contribution in [1.29, 1.82) is 0 Å². The van der Waals surface area contributed by atoms with Gasteiger partial charge in [0.25, 0.3) is 0 Å². The highest BCUT2D eigenvalue weighted by Gasteiger charge is 2.35. The smallest absolute Gasteiger partial charge is 0.0250 e. The molecule has 0 aromatic heterocycles. The molecule has 3 atom stereocenters. The molecule has 1 heterocycles. The van der Waals surface area contributed by atoms with Crippen molar-refractivity contribution in [3.63, 3.8) is 0 Å². The van der Waals surface area contributed by atoms with Crippen molar-refractivity contribution < 1.29 is 0 Å². The van der Waals surface area contributed by atoms with Crippen molar-refractivity contribution in [3.8, 4) is 0 Å². The maximum Gasteiger partial charge on any atom is 0.0250 e. The molecule has 1 aliphatic carbocycles. The normalized spacial score (nSPS) is 37.9. The van der Waals surface area contributed by atoms with Crippen LogP contribution >= 0.6 is 0 Å². The SMILES string of the molecule is CC(C)C1CCCN1C1CCCCCC1N. The summed E-state index contributed by atoms with van der Waals surface area (Å²) in [5, 5.41) is 0. The summed E-state index contributed by atoms with van der Waals surface area (Å²) in [4.78, 5) is 2.75. The van der Waals surface area contributed by atoms with E-state index in [1.165, 1.54) is 51.5 Å². The zero-order valence-electron chi connectivity index (χ0n) is 11.0. The van der Waals surface area contributed by atoms with Crippen molar-refractivity contribution >= 4 is 0 Å². The summed E-state index contributed by atoms with van der Waals surface area (Å²) in [5.41, 5.74) is 6.38. The van der Waals surface area contributed by atoms with Crippen LogP contribution in [0.2, 0.25) is 0 Å². The molecule has 2 nitrogen and oxygen atoms in total. The van der Waals surface area contributed by atoms with Gasteiger partial charge in [0.2, 0.25) is 0 Å². The van der Waals surface area contributed by atoms with Gasteiger partial charge in [0, 0.05) is 18.1 Å². The number of likely N-dealkylation sites (tertiary alicyclic amines) is 1. The second kappa shape index (κ2) is 5.50. The molecule has 0 bridgehead atoms. The second-order valence-corrected chi connectivity index (χ2v) is 6.06. The Morgan fingerprint density at radius 3 is 2.50 bits per heavy atom. The molecule has 3 unspecified atom stereocenters. The first kappa shape index (κ1) is 12.4. The Bertz CT molecular complexity index is 215. The van der Waals surface area contributed by atoms with Crippen LogP contribution in [0.15, 0.2) is 0 Å². The molecule has 2 fully saturated rings. The number of rotatable bonds is 2. The Hall–Kier alpha value is -0.0800. The van der Waals surface area contributed by atoms with E-state index in [-0.39, 0.29) is 0 Å². The molecule has 0 aromatic rings. The van der Waals surface area contributed by atoms with Crippen LogP contribution in [-0.4, -0.2) is 29.6 Å². The van der Waals surface area contributed by atoms with E-state index in [4.69, 9.17) is 5.73 Å². The van der Waals surface area contributed by atoms with Gasteiger partial charge in [0.1, 0.15) is 0 Å². The molecule has 1 saturated heterocycles. The van der Waals surface area contributed by atoms with Crippen molar-refractivity contribution in [2.75, 3.05) is 6.54 Å². The van der Waals surface area contributed by atoms with Gasteiger partial charge in [0.05, 0.1) is 0 Å². The first-order chi connectivity index (χ1) is 7.70. The lowest BCUT2D eigenvalue weighted by Gasteiger charge is -2.37. The topological polar surface area (TPSA) is 29.3 Å². The third kappa shape index (κ3) is 2.60. The molecule has 0 aromatic carbocycles. The molecule has 16 heavy (non-hydrogen) atoms. The summed E-state index contributed by atoms with van der Waals surface area (Å²) in [6.07, 6.45) is 9.48. The Balaban J connectivity index is 2.03. The predicted octanol–water partition coefficient (Wildman–Crippen LogP) is 2.77. The summed E-state index contributed by atoms with van der Waals surface area (Å²) in [7, 11) is 0. The van der Waals surface area contributed by atoms with Gasteiger partial charge in [-0.3, -0.25) is 4.90 Å². The molecule has 2 N–H and O–H groups in total. The highest BCUT2D eigenvalue weighted by molar-refractivity contribution is 4.92. The third-order valence-corrected chi connectivity index (χ3v) is 4.57. The first-order valence-electron chi connectivity index (χ1n) is 7.21. The average Bonchev–Trinajstić information content (AvgIpc) is 2.63. The largest absolute Gasteiger partial charge is 0.326 e. The minimum absolute atomic E-state index is 0.432. The maximum atomic E-state index is 6.38. The van der Waals surface area contributed by atoms with Gasteiger partial charge in [-0.25, -0.2) is 0 Å². The molecule has 2 heteroatoms. The molecule has 2 aliphatic rings. The van der Waals surface area contributed by atoms with Crippen LogP contribution < -0.4 is 5.73 Å². The van der Waals surface area contributed by atoms with Gasteiger partial charge >= 0.3 is 0 Å². The van der Waals surface area contributed by atoms with E-state index >= 15 is 0 Å². The minimum atomic E-state index is 0.432. The average molecular weight is 224 g/mol. The number of nitrogens with two attached hydrogens (primary N) is 1. The van der Waals surface area contributed by atoms with Gasteiger partial charge < -0.3 is 5.73 Å². The van der Waals surface area contributed by atoms with E-state index in [0.717, 1.165) is 12.0 Å². The van der Waals surface area contributed by atoms with Crippen LogP contribution in [0, 0.1) is 5.92 Å². The lowest BCUT2D eigenvalue weighted by atomic mass is 9.96. The molecule has 2 rings (SSSR count). The second-order valence-electron chi connectivity index (χ2n) is 6.06. The van der Waals surface area contributed by atoms with Gasteiger partial charge in [-0.15, -0.1) is 0 Å². The number of hydrogen-bond donors (Lipinski definition) is 1. The van der Waals surface area contributed by atoms with E-state index in [1.807, 2.05) is 0 Å². The Morgan fingerprint density at radius 1 is 1.00 bits per heavy atom. The molecular weight excluding hydrogens is 196 g/mol. The fourth-order valence-electron chi connectivity index (χ4n) is 3.67. The zero-order valence-corrected chi connectivity index (χ0v) is 11.0. The Labute approximate surface area is 101 Å². The first-order valence-corrected chi connectivity index (χ1v) is 7.21.